The highest BCUT2D eigenvalue weighted by Gasteiger charge is 2.14. The normalized spacial score (nSPS) is 11.6. The number of halogens is 2. The van der Waals surface area contributed by atoms with Gasteiger partial charge in [0.05, 0.1) is 6.07 Å². The van der Waals surface area contributed by atoms with Gasteiger partial charge in [-0.2, -0.15) is 5.26 Å². The van der Waals surface area contributed by atoms with Gasteiger partial charge < -0.3 is 5.32 Å². The maximum atomic E-state index is 13.5. The average Bonchev–Trinajstić information content (AvgIpc) is 2.39. The highest BCUT2D eigenvalue weighted by molar-refractivity contribution is 5.47. The molecule has 2 nitrogen and oxygen atoms in total. The number of hydrogen-bond donors (Lipinski definition) is 1. The Balaban J connectivity index is 2.23. The van der Waals surface area contributed by atoms with E-state index in [0.717, 1.165) is 0 Å². The summed E-state index contributed by atoms with van der Waals surface area (Å²) in [5.41, 5.74) is 0.829. The van der Waals surface area contributed by atoms with Crippen LogP contribution < -0.4 is 5.32 Å². The van der Waals surface area contributed by atoms with Crippen molar-refractivity contribution < 1.29 is 8.78 Å². The Morgan fingerprint density at radius 2 is 1.67 bits per heavy atom. The molecule has 0 spiro atoms. The lowest BCUT2D eigenvalue weighted by molar-refractivity contribution is 0.607. The molecule has 0 heterocycles. The van der Waals surface area contributed by atoms with Crippen LogP contribution in [0.15, 0.2) is 48.5 Å². The highest BCUT2D eigenvalue weighted by Crippen LogP contribution is 2.21. The first-order valence-electron chi connectivity index (χ1n) is 5.37. The number of rotatable bonds is 3. The molecule has 0 aliphatic rings. The Hall–Kier alpha value is -2.41. The van der Waals surface area contributed by atoms with Gasteiger partial charge in [0, 0.05) is 11.3 Å². The van der Waals surface area contributed by atoms with Crippen LogP contribution in [0.5, 0.6) is 0 Å². The van der Waals surface area contributed by atoms with E-state index in [2.05, 4.69) is 5.32 Å². The SMILES string of the molecule is N#CC(Nc1ccc(F)cc1)c1ccccc1F. The van der Waals surface area contributed by atoms with Crippen molar-refractivity contribution in [1.29, 1.82) is 5.26 Å². The lowest BCUT2D eigenvalue weighted by Gasteiger charge is -2.13. The van der Waals surface area contributed by atoms with Gasteiger partial charge in [0.25, 0.3) is 0 Å². The molecular weight excluding hydrogens is 234 g/mol. The van der Waals surface area contributed by atoms with E-state index in [0.29, 0.717) is 5.69 Å². The van der Waals surface area contributed by atoms with Crippen LogP contribution in [0.3, 0.4) is 0 Å². The van der Waals surface area contributed by atoms with Crippen molar-refractivity contribution in [3.8, 4) is 6.07 Å². The van der Waals surface area contributed by atoms with Crippen LogP contribution in [0.2, 0.25) is 0 Å². The predicted octanol–water partition coefficient (Wildman–Crippen LogP) is 3.64. The standard InChI is InChI=1S/C14H10F2N2/c15-10-5-7-11(8-6-10)18-14(9-17)12-3-1-2-4-13(12)16/h1-8,14,18H. The second-order valence-electron chi connectivity index (χ2n) is 3.73. The van der Waals surface area contributed by atoms with E-state index in [1.54, 1.807) is 18.2 Å². The number of anilines is 1. The van der Waals surface area contributed by atoms with Gasteiger partial charge in [-0.3, -0.25) is 0 Å². The molecule has 2 aromatic rings. The maximum Gasteiger partial charge on any atom is 0.143 e. The summed E-state index contributed by atoms with van der Waals surface area (Å²) >= 11 is 0. The quantitative estimate of drug-likeness (QED) is 0.894. The maximum absolute atomic E-state index is 13.5. The third kappa shape index (κ3) is 2.64. The Morgan fingerprint density at radius 1 is 1.00 bits per heavy atom. The minimum Gasteiger partial charge on any atom is -0.366 e. The summed E-state index contributed by atoms with van der Waals surface area (Å²) < 4.78 is 26.3. The van der Waals surface area contributed by atoms with Crippen molar-refractivity contribution in [3.63, 3.8) is 0 Å². The molecule has 2 aromatic carbocycles. The molecule has 18 heavy (non-hydrogen) atoms. The molecule has 0 aromatic heterocycles. The lowest BCUT2D eigenvalue weighted by atomic mass is 10.1. The van der Waals surface area contributed by atoms with Gasteiger partial charge in [0.1, 0.15) is 17.7 Å². The summed E-state index contributed by atoms with van der Waals surface area (Å²) in [6.07, 6.45) is 0. The first kappa shape index (κ1) is 12.1. The fourth-order valence-electron chi connectivity index (χ4n) is 1.60. The first-order valence-corrected chi connectivity index (χ1v) is 5.37. The fraction of sp³-hybridized carbons (Fsp3) is 0.0714. The summed E-state index contributed by atoms with van der Waals surface area (Å²) in [5, 5.41) is 11.9. The second kappa shape index (κ2) is 5.28. The fourth-order valence-corrected chi connectivity index (χ4v) is 1.60. The smallest absolute Gasteiger partial charge is 0.143 e. The van der Waals surface area contributed by atoms with E-state index < -0.39 is 11.9 Å². The second-order valence-corrected chi connectivity index (χ2v) is 3.73. The molecule has 90 valence electrons. The van der Waals surface area contributed by atoms with Crippen LogP contribution in [0.4, 0.5) is 14.5 Å². The molecule has 1 unspecified atom stereocenters. The zero-order valence-electron chi connectivity index (χ0n) is 9.40. The van der Waals surface area contributed by atoms with Gasteiger partial charge >= 0.3 is 0 Å². The molecule has 1 atom stereocenters. The van der Waals surface area contributed by atoms with Crippen molar-refractivity contribution in [2.75, 3.05) is 5.32 Å². The summed E-state index contributed by atoms with van der Waals surface area (Å²) in [7, 11) is 0. The Bertz CT molecular complexity index is 573. The Labute approximate surface area is 103 Å². The third-order valence-electron chi connectivity index (χ3n) is 2.50. The lowest BCUT2D eigenvalue weighted by Crippen LogP contribution is -2.10. The molecule has 0 aliphatic carbocycles. The van der Waals surface area contributed by atoms with Crippen LogP contribution in [0.1, 0.15) is 11.6 Å². The predicted molar refractivity (Wildman–Crippen MR) is 64.8 cm³/mol. The van der Waals surface area contributed by atoms with E-state index in [-0.39, 0.29) is 11.4 Å². The Kier molecular flexibility index (Phi) is 3.54. The van der Waals surface area contributed by atoms with Crippen molar-refractivity contribution in [2.45, 2.75) is 6.04 Å². The van der Waals surface area contributed by atoms with Crippen LogP contribution >= 0.6 is 0 Å². The van der Waals surface area contributed by atoms with E-state index in [9.17, 15) is 8.78 Å². The summed E-state index contributed by atoms with van der Waals surface area (Å²) in [4.78, 5) is 0. The van der Waals surface area contributed by atoms with E-state index >= 15 is 0 Å². The monoisotopic (exact) mass is 244 g/mol. The molecule has 0 aliphatic heterocycles. The van der Waals surface area contributed by atoms with E-state index in [4.69, 9.17) is 5.26 Å². The number of nitrogens with one attached hydrogen (secondary N) is 1. The topological polar surface area (TPSA) is 35.8 Å². The molecule has 0 bridgehead atoms. The van der Waals surface area contributed by atoms with Crippen molar-refractivity contribution in [3.05, 3.63) is 65.7 Å². The van der Waals surface area contributed by atoms with Crippen LogP contribution in [-0.4, -0.2) is 0 Å². The molecule has 4 heteroatoms. The summed E-state index contributed by atoms with van der Waals surface area (Å²) in [5.74, 6) is -0.807. The van der Waals surface area contributed by atoms with Gasteiger partial charge in [0.2, 0.25) is 0 Å². The van der Waals surface area contributed by atoms with Gasteiger partial charge in [0.15, 0.2) is 0 Å². The number of hydrogen-bond acceptors (Lipinski definition) is 2. The molecule has 2 rings (SSSR count). The molecule has 0 radical (unpaired) electrons. The van der Waals surface area contributed by atoms with Gasteiger partial charge in [-0.05, 0) is 30.3 Å². The molecular formula is C14H10F2N2. The molecule has 0 amide bonds. The van der Waals surface area contributed by atoms with Crippen LogP contribution in [0.25, 0.3) is 0 Å². The zero-order valence-corrected chi connectivity index (χ0v) is 9.40. The van der Waals surface area contributed by atoms with Crippen LogP contribution in [0, 0.1) is 23.0 Å². The average molecular weight is 244 g/mol. The largest absolute Gasteiger partial charge is 0.366 e. The number of nitriles is 1. The minimum absolute atomic E-state index is 0.268. The van der Waals surface area contributed by atoms with Crippen molar-refractivity contribution >= 4 is 5.69 Å². The summed E-state index contributed by atoms with van der Waals surface area (Å²) in [6, 6.07) is 12.8. The minimum atomic E-state index is -0.809. The van der Waals surface area contributed by atoms with Gasteiger partial charge in [-0.15, -0.1) is 0 Å². The van der Waals surface area contributed by atoms with Gasteiger partial charge in [-0.25, -0.2) is 8.78 Å². The Morgan fingerprint density at radius 3 is 2.28 bits per heavy atom. The van der Waals surface area contributed by atoms with Gasteiger partial charge in [-0.1, -0.05) is 18.2 Å². The highest BCUT2D eigenvalue weighted by atomic mass is 19.1. The number of nitrogens with zero attached hydrogens (tertiary/aromatic N) is 1. The summed E-state index contributed by atoms with van der Waals surface area (Å²) in [6.45, 7) is 0. The molecule has 0 saturated heterocycles. The molecule has 0 saturated carbocycles. The van der Waals surface area contributed by atoms with Crippen molar-refractivity contribution in [1.82, 2.24) is 0 Å². The first-order chi connectivity index (χ1) is 8.70. The zero-order chi connectivity index (χ0) is 13.0. The van der Waals surface area contributed by atoms with Crippen LogP contribution in [-0.2, 0) is 0 Å². The third-order valence-corrected chi connectivity index (χ3v) is 2.50. The molecule has 0 fully saturated rings. The van der Waals surface area contributed by atoms with Crippen molar-refractivity contribution in [2.24, 2.45) is 0 Å². The van der Waals surface area contributed by atoms with E-state index in [1.807, 2.05) is 6.07 Å². The molecule has 1 N–H and O–H groups in total. The number of benzene rings is 2. The van der Waals surface area contributed by atoms with E-state index in [1.165, 1.54) is 30.3 Å².